The summed E-state index contributed by atoms with van der Waals surface area (Å²) in [7, 11) is -3.11. The van der Waals surface area contributed by atoms with Crippen LogP contribution in [0.1, 0.15) is 18.4 Å². The van der Waals surface area contributed by atoms with Crippen molar-refractivity contribution in [1.29, 1.82) is 0 Å². The zero-order valence-corrected chi connectivity index (χ0v) is 14.6. The molecule has 1 aliphatic heterocycles. The second kappa shape index (κ2) is 9.02. The number of carbonyl (C=O) groups excluding carboxylic acids is 1. The molecule has 1 saturated heterocycles. The van der Waals surface area contributed by atoms with Crippen LogP contribution in [-0.4, -0.2) is 45.3 Å². The highest BCUT2D eigenvalue weighted by Gasteiger charge is 2.29. The van der Waals surface area contributed by atoms with Gasteiger partial charge in [0.25, 0.3) is 0 Å². The molecule has 0 aliphatic carbocycles. The molecule has 2 rings (SSSR count). The Labute approximate surface area is 152 Å². The van der Waals surface area contributed by atoms with E-state index in [1.165, 1.54) is 0 Å². The second-order valence-electron chi connectivity index (χ2n) is 5.72. The molecule has 1 amide bonds. The van der Waals surface area contributed by atoms with Crippen LogP contribution in [0.4, 0.5) is 17.6 Å². The van der Waals surface area contributed by atoms with Gasteiger partial charge in [0, 0.05) is 18.1 Å². The summed E-state index contributed by atoms with van der Waals surface area (Å²) in [6.07, 6.45) is 1.34. The third-order valence-corrected chi connectivity index (χ3v) is 5.46. The van der Waals surface area contributed by atoms with E-state index in [1.54, 1.807) is 0 Å². The van der Waals surface area contributed by atoms with E-state index in [0.29, 0.717) is 6.42 Å². The van der Waals surface area contributed by atoms with Crippen LogP contribution >= 0.6 is 0 Å². The maximum atomic E-state index is 12.5. The van der Waals surface area contributed by atoms with Crippen LogP contribution in [-0.2, 0) is 14.6 Å². The largest absolute Gasteiger partial charge is 0.435 e. The van der Waals surface area contributed by atoms with Crippen molar-refractivity contribution in [2.24, 2.45) is 11.0 Å². The summed E-state index contributed by atoms with van der Waals surface area (Å²) in [6.45, 7) is -6.35. The van der Waals surface area contributed by atoms with Crippen molar-refractivity contribution in [3.05, 3.63) is 23.8 Å². The van der Waals surface area contributed by atoms with Crippen LogP contribution < -0.4 is 14.9 Å². The monoisotopic (exact) mass is 412 g/mol. The van der Waals surface area contributed by atoms with Crippen LogP contribution in [0, 0.1) is 5.92 Å². The van der Waals surface area contributed by atoms with Crippen LogP contribution in [0.15, 0.2) is 23.3 Å². The van der Waals surface area contributed by atoms with Crippen molar-refractivity contribution in [2.75, 3.05) is 11.5 Å². The van der Waals surface area contributed by atoms with Gasteiger partial charge in [-0.1, -0.05) is 0 Å². The standard InChI is InChI=1S/C15H16F4N2O5S/c16-14(17)25-11-2-1-10(12(6-11)26-15(18)19)7-20-21-13(22)5-9-3-4-27(23,24)8-9/h1-2,6-7,9,14-15H,3-5,8H2,(H,21,22)/b20-7-/t9-/m1/s1. The molecule has 0 aromatic heterocycles. The van der Waals surface area contributed by atoms with E-state index >= 15 is 0 Å². The van der Waals surface area contributed by atoms with Gasteiger partial charge in [-0.05, 0) is 24.5 Å². The topological polar surface area (TPSA) is 94.1 Å². The molecule has 150 valence electrons. The molecular formula is C15H16F4N2O5S. The average molecular weight is 412 g/mol. The van der Waals surface area contributed by atoms with Crippen molar-refractivity contribution in [3.63, 3.8) is 0 Å². The number of hydrogen-bond acceptors (Lipinski definition) is 6. The molecule has 0 unspecified atom stereocenters. The first-order valence-corrected chi connectivity index (χ1v) is 9.53. The maximum absolute atomic E-state index is 12.5. The van der Waals surface area contributed by atoms with Gasteiger partial charge in [-0.3, -0.25) is 4.79 Å². The third kappa shape index (κ3) is 7.04. The zero-order chi connectivity index (χ0) is 20.0. The quantitative estimate of drug-likeness (QED) is 0.401. The molecule has 12 heteroatoms. The highest BCUT2D eigenvalue weighted by molar-refractivity contribution is 7.91. The fourth-order valence-electron chi connectivity index (χ4n) is 2.51. The van der Waals surface area contributed by atoms with E-state index in [0.717, 1.165) is 24.4 Å². The minimum atomic E-state index is -3.21. The first-order valence-electron chi connectivity index (χ1n) is 7.70. The van der Waals surface area contributed by atoms with Crippen LogP contribution in [0.5, 0.6) is 11.5 Å². The molecule has 1 aromatic rings. The Morgan fingerprint density at radius 1 is 1.26 bits per heavy atom. The lowest BCUT2D eigenvalue weighted by Crippen LogP contribution is -2.21. The molecule has 0 spiro atoms. The molecule has 27 heavy (non-hydrogen) atoms. The van der Waals surface area contributed by atoms with E-state index in [4.69, 9.17) is 0 Å². The number of amides is 1. The van der Waals surface area contributed by atoms with Gasteiger partial charge in [-0.15, -0.1) is 0 Å². The SMILES string of the molecule is O=C(C[C@H]1CCS(=O)(=O)C1)N/N=C\c1ccc(OC(F)F)cc1OC(F)F. The van der Waals surface area contributed by atoms with Gasteiger partial charge < -0.3 is 9.47 Å². The lowest BCUT2D eigenvalue weighted by molar-refractivity contribution is -0.121. The first kappa shape index (κ1) is 20.9. The van der Waals surface area contributed by atoms with Gasteiger partial charge in [-0.25, -0.2) is 13.8 Å². The summed E-state index contributed by atoms with van der Waals surface area (Å²) in [6, 6.07) is 3.08. The minimum absolute atomic E-state index is 0.0133. The molecule has 7 nitrogen and oxygen atoms in total. The predicted octanol–water partition coefficient (Wildman–Crippen LogP) is 2.16. The summed E-state index contributed by atoms with van der Waals surface area (Å²) in [5, 5.41) is 3.59. The van der Waals surface area contributed by atoms with E-state index in [-0.39, 0.29) is 35.2 Å². The van der Waals surface area contributed by atoms with E-state index in [2.05, 4.69) is 20.0 Å². The molecule has 1 heterocycles. The van der Waals surface area contributed by atoms with Crippen molar-refractivity contribution in [3.8, 4) is 11.5 Å². The summed E-state index contributed by atoms with van der Waals surface area (Å²) < 4.78 is 80.3. The molecule has 1 aromatic carbocycles. The number of hydrogen-bond donors (Lipinski definition) is 1. The van der Waals surface area contributed by atoms with Crippen molar-refractivity contribution >= 4 is 22.0 Å². The van der Waals surface area contributed by atoms with Crippen LogP contribution in [0.2, 0.25) is 0 Å². The summed E-state index contributed by atoms with van der Waals surface area (Å²) in [5.74, 6) is -1.72. The highest BCUT2D eigenvalue weighted by atomic mass is 32.2. The maximum Gasteiger partial charge on any atom is 0.387 e. The van der Waals surface area contributed by atoms with Crippen LogP contribution in [0.3, 0.4) is 0 Å². The second-order valence-corrected chi connectivity index (χ2v) is 7.95. The molecule has 1 aliphatic rings. The fraction of sp³-hybridized carbons (Fsp3) is 0.467. The summed E-state index contributed by atoms with van der Waals surface area (Å²) in [4.78, 5) is 11.8. The van der Waals surface area contributed by atoms with Gasteiger partial charge >= 0.3 is 13.2 Å². The number of alkyl halides is 4. The number of benzene rings is 1. The number of halogens is 4. The number of ether oxygens (including phenoxy) is 2. The molecule has 1 N–H and O–H groups in total. The molecule has 1 atom stereocenters. The minimum Gasteiger partial charge on any atom is -0.435 e. The Bertz CT molecular complexity index is 801. The lowest BCUT2D eigenvalue weighted by atomic mass is 10.1. The Morgan fingerprint density at radius 3 is 2.56 bits per heavy atom. The van der Waals surface area contributed by atoms with Gasteiger partial charge in [0.1, 0.15) is 11.5 Å². The fourth-order valence-corrected chi connectivity index (χ4v) is 4.37. The number of carbonyl (C=O) groups is 1. The Kier molecular flexibility index (Phi) is 6.99. The molecule has 1 fully saturated rings. The van der Waals surface area contributed by atoms with Crippen molar-refractivity contribution in [2.45, 2.75) is 26.1 Å². The van der Waals surface area contributed by atoms with Gasteiger partial charge in [0.15, 0.2) is 9.84 Å². The third-order valence-electron chi connectivity index (χ3n) is 3.62. The molecule has 0 radical (unpaired) electrons. The summed E-state index contributed by atoms with van der Waals surface area (Å²) >= 11 is 0. The number of hydrazone groups is 1. The zero-order valence-electron chi connectivity index (χ0n) is 13.8. The van der Waals surface area contributed by atoms with Gasteiger partial charge in [-0.2, -0.15) is 22.7 Å². The number of nitrogens with zero attached hydrogens (tertiary/aromatic N) is 1. The number of rotatable bonds is 8. The van der Waals surface area contributed by atoms with Crippen LogP contribution in [0.25, 0.3) is 0 Å². The Hall–Kier alpha value is -2.37. The number of nitrogens with one attached hydrogen (secondary N) is 1. The lowest BCUT2D eigenvalue weighted by Gasteiger charge is -2.11. The predicted molar refractivity (Wildman–Crippen MR) is 86.8 cm³/mol. The van der Waals surface area contributed by atoms with E-state index < -0.39 is 34.7 Å². The summed E-state index contributed by atoms with van der Waals surface area (Å²) in [5.41, 5.74) is 2.14. The Morgan fingerprint density at radius 2 is 1.96 bits per heavy atom. The smallest absolute Gasteiger partial charge is 0.387 e. The average Bonchev–Trinajstić information content (AvgIpc) is 2.87. The number of sulfone groups is 1. The van der Waals surface area contributed by atoms with Gasteiger partial charge in [0.2, 0.25) is 5.91 Å². The van der Waals surface area contributed by atoms with Gasteiger partial charge in [0.05, 0.1) is 17.7 Å². The highest BCUT2D eigenvalue weighted by Crippen LogP contribution is 2.26. The van der Waals surface area contributed by atoms with E-state index in [1.807, 2.05) is 0 Å². The van der Waals surface area contributed by atoms with Crippen molar-refractivity contribution in [1.82, 2.24) is 5.43 Å². The van der Waals surface area contributed by atoms with E-state index in [9.17, 15) is 30.8 Å². The first-order chi connectivity index (χ1) is 12.6. The molecule has 0 bridgehead atoms. The Balaban J connectivity index is 1.99. The normalized spacial score (nSPS) is 19.0. The molecular weight excluding hydrogens is 396 g/mol. The van der Waals surface area contributed by atoms with Crippen molar-refractivity contribution < 1.29 is 40.2 Å². The molecule has 0 saturated carbocycles.